The number of Topliss-reactive ketones (excluding diaryl/α,β-unsaturated/α-hetero) is 1. The van der Waals surface area contributed by atoms with E-state index in [4.69, 9.17) is 10.2 Å². The fourth-order valence-electron chi connectivity index (χ4n) is 3.92. The minimum absolute atomic E-state index is 0.00752. The maximum Gasteiger partial charge on any atom is 0.323 e. The van der Waals surface area contributed by atoms with Crippen LogP contribution in [-0.2, 0) is 4.79 Å². The number of amides is 1. The van der Waals surface area contributed by atoms with E-state index in [2.05, 4.69) is 10.1 Å². The monoisotopic (exact) mass is 378 g/mol. The molecule has 0 bridgehead atoms. The highest BCUT2D eigenvalue weighted by atomic mass is 16.4. The number of aryl methyl sites for hydroxylation is 1. The first-order chi connectivity index (χ1) is 13.5. The minimum Gasteiger partial charge on any atom is -0.430 e. The van der Waals surface area contributed by atoms with Gasteiger partial charge in [0.2, 0.25) is 5.91 Å². The van der Waals surface area contributed by atoms with Gasteiger partial charge in [-0.25, -0.2) is 0 Å². The largest absolute Gasteiger partial charge is 0.430 e. The summed E-state index contributed by atoms with van der Waals surface area (Å²) < 4.78 is 7.06. The van der Waals surface area contributed by atoms with Gasteiger partial charge in [-0.2, -0.15) is 14.8 Å². The number of hydrogen-bond acceptors (Lipinski definition) is 5. The molecule has 2 unspecified atom stereocenters. The summed E-state index contributed by atoms with van der Waals surface area (Å²) in [6.45, 7) is 1.85. The molecule has 0 saturated heterocycles. The molecule has 7 heteroatoms. The maximum absolute atomic E-state index is 13.0. The molecule has 2 aromatic heterocycles. The van der Waals surface area contributed by atoms with Gasteiger partial charge in [-0.3, -0.25) is 9.59 Å². The maximum atomic E-state index is 13.0. The molecular formula is C21H22N4O3. The van der Waals surface area contributed by atoms with Crippen LogP contribution >= 0.6 is 0 Å². The van der Waals surface area contributed by atoms with Gasteiger partial charge in [0.05, 0.1) is 17.6 Å². The predicted octanol–water partition coefficient (Wildman–Crippen LogP) is 3.31. The van der Waals surface area contributed by atoms with Crippen molar-refractivity contribution in [3.05, 3.63) is 54.0 Å². The van der Waals surface area contributed by atoms with Crippen LogP contribution in [0.1, 0.15) is 41.7 Å². The molecule has 1 amide bonds. The molecule has 3 aromatic rings. The lowest BCUT2D eigenvalue weighted by atomic mass is 9.75. The molecule has 4 rings (SSSR count). The summed E-state index contributed by atoms with van der Waals surface area (Å²) in [5.74, 6) is -1.07. The highest BCUT2D eigenvalue weighted by Gasteiger charge is 2.34. The number of benzene rings is 1. The molecule has 1 aromatic carbocycles. The SMILES string of the molecule is Cc1coc(-n2nccc2-c2ccc(C(=O)C3CCCCC3C(N)=O)cc2)n1. The highest BCUT2D eigenvalue weighted by molar-refractivity contribution is 6.00. The van der Waals surface area contributed by atoms with E-state index in [1.54, 1.807) is 29.3 Å². The van der Waals surface area contributed by atoms with Crippen molar-refractivity contribution in [1.29, 1.82) is 0 Å². The Bertz CT molecular complexity index is 1000. The third kappa shape index (κ3) is 3.35. The molecule has 144 valence electrons. The van der Waals surface area contributed by atoms with Gasteiger partial charge in [-0.05, 0) is 25.8 Å². The van der Waals surface area contributed by atoms with E-state index in [9.17, 15) is 9.59 Å². The van der Waals surface area contributed by atoms with E-state index in [0.717, 1.165) is 29.8 Å². The molecule has 28 heavy (non-hydrogen) atoms. The van der Waals surface area contributed by atoms with Crippen molar-refractivity contribution in [2.75, 3.05) is 0 Å². The fraction of sp³-hybridized carbons (Fsp3) is 0.333. The topological polar surface area (TPSA) is 104 Å². The number of oxazole rings is 1. The molecule has 1 aliphatic rings. The molecule has 2 atom stereocenters. The van der Waals surface area contributed by atoms with E-state index >= 15 is 0 Å². The van der Waals surface area contributed by atoms with Gasteiger partial charge >= 0.3 is 6.01 Å². The van der Waals surface area contributed by atoms with Crippen LogP contribution in [0.5, 0.6) is 0 Å². The summed E-state index contributed by atoms with van der Waals surface area (Å²) >= 11 is 0. The zero-order chi connectivity index (χ0) is 19.7. The van der Waals surface area contributed by atoms with Crippen LogP contribution < -0.4 is 5.73 Å². The zero-order valence-electron chi connectivity index (χ0n) is 15.7. The molecule has 1 aliphatic carbocycles. The minimum atomic E-state index is -0.375. The summed E-state index contributed by atoms with van der Waals surface area (Å²) in [5, 5.41) is 4.28. The summed E-state index contributed by atoms with van der Waals surface area (Å²) in [7, 11) is 0. The molecular weight excluding hydrogens is 356 g/mol. The Morgan fingerprint density at radius 1 is 1.11 bits per heavy atom. The second-order valence-electron chi connectivity index (χ2n) is 7.24. The van der Waals surface area contributed by atoms with Crippen molar-refractivity contribution < 1.29 is 14.0 Å². The molecule has 2 N–H and O–H groups in total. The van der Waals surface area contributed by atoms with Crippen LogP contribution in [0.3, 0.4) is 0 Å². The Labute approximate surface area is 162 Å². The van der Waals surface area contributed by atoms with Crippen LogP contribution in [0.2, 0.25) is 0 Å². The Morgan fingerprint density at radius 3 is 2.46 bits per heavy atom. The average Bonchev–Trinajstić information content (AvgIpc) is 3.36. The van der Waals surface area contributed by atoms with Gasteiger partial charge in [0, 0.05) is 23.0 Å². The predicted molar refractivity (Wildman–Crippen MR) is 103 cm³/mol. The molecule has 7 nitrogen and oxygen atoms in total. The second-order valence-corrected chi connectivity index (χ2v) is 7.24. The number of ketones is 1. The molecule has 1 saturated carbocycles. The van der Waals surface area contributed by atoms with Gasteiger partial charge in [-0.15, -0.1) is 0 Å². The van der Waals surface area contributed by atoms with Crippen molar-refractivity contribution in [1.82, 2.24) is 14.8 Å². The van der Waals surface area contributed by atoms with Crippen LogP contribution in [0.4, 0.5) is 0 Å². The van der Waals surface area contributed by atoms with Crippen LogP contribution in [0, 0.1) is 18.8 Å². The van der Waals surface area contributed by atoms with Gasteiger partial charge in [0.15, 0.2) is 5.78 Å². The number of carbonyl (C=O) groups is 2. The summed E-state index contributed by atoms with van der Waals surface area (Å²) in [4.78, 5) is 29.0. The first kappa shape index (κ1) is 18.2. The van der Waals surface area contributed by atoms with Crippen molar-refractivity contribution >= 4 is 11.7 Å². The van der Waals surface area contributed by atoms with Crippen LogP contribution in [0.15, 0.2) is 47.2 Å². The lowest BCUT2D eigenvalue weighted by Gasteiger charge is -2.28. The normalized spacial score (nSPS) is 19.5. The van der Waals surface area contributed by atoms with Crippen LogP contribution in [0.25, 0.3) is 17.3 Å². The number of nitrogens with two attached hydrogens (primary N) is 1. The van der Waals surface area contributed by atoms with Crippen molar-refractivity contribution in [3.8, 4) is 17.3 Å². The molecule has 0 spiro atoms. The average molecular weight is 378 g/mol. The van der Waals surface area contributed by atoms with Crippen molar-refractivity contribution in [2.24, 2.45) is 17.6 Å². The molecule has 0 aliphatic heterocycles. The van der Waals surface area contributed by atoms with Gasteiger partial charge in [0.25, 0.3) is 0 Å². The van der Waals surface area contributed by atoms with Gasteiger partial charge in [-0.1, -0.05) is 37.1 Å². The van der Waals surface area contributed by atoms with E-state index < -0.39 is 0 Å². The number of hydrogen-bond donors (Lipinski definition) is 1. The summed E-state index contributed by atoms with van der Waals surface area (Å²) in [5.41, 5.74) is 8.59. The quantitative estimate of drug-likeness (QED) is 0.686. The highest BCUT2D eigenvalue weighted by Crippen LogP contribution is 2.33. The smallest absolute Gasteiger partial charge is 0.323 e. The van der Waals surface area contributed by atoms with Crippen LogP contribution in [-0.4, -0.2) is 26.5 Å². The van der Waals surface area contributed by atoms with Crippen molar-refractivity contribution in [2.45, 2.75) is 32.6 Å². The second kappa shape index (κ2) is 7.42. The lowest BCUT2D eigenvalue weighted by Crippen LogP contribution is -2.36. The number of rotatable bonds is 5. The number of primary amides is 1. The summed E-state index contributed by atoms with van der Waals surface area (Å²) in [6.07, 6.45) is 6.55. The molecule has 2 heterocycles. The number of aromatic nitrogens is 3. The first-order valence-electron chi connectivity index (χ1n) is 9.45. The van der Waals surface area contributed by atoms with Gasteiger partial charge < -0.3 is 10.2 Å². The van der Waals surface area contributed by atoms with Crippen molar-refractivity contribution in [3.63, 3.8) is 0 Å². The third-order valence-corrected chi connectivity index (χ3v) is 5.36. The first-order valence-corrected chi connectivity index (χ1v) is 9.45. The third-order valence-electron chi connectivity index (χ3n) is 5.36. The standard InChI is InChI=1S/C21H22N4O3/c1-13-12-28-21(24-13)25-18(10-11-23-25)14-6-8-15(9-7-14)19(26)16-4-2-3-5-17(16)20(22)27/h6-12,16-17H,2-5H2,1H3,(H2,22,27). The van der Waals surface area contributed by atoms with Gasteiger partial charge in [0.1, 0.15) is 6.26 Å². The van der Waals surface area contributed by atoms with E-state index in [0.29, 0.717) is 24.4 Å². The molecule has 1 fully saturated rings. The Hall–Kier alpha value is -3.22. The van der Waals surface area contributed by atoms with E-state index in [1.807, 2.05) is 25.1 Å². The zero-order valence-corrected chi connectivity index (χ0v) is 15.7. The van der Waals surface area contributed by atoms with E-state index in [-0.39, 0.29) is 23.5 Å². The Morgan fingerprint density at radius 2 is 1.82 bits per heavy atom. The van der Waals surface area contributed by atoms with E-state index in [1.165, 1.54) is 0 Å². The number of nitrogens with zero attached hydrogens (tertiary/aromatic N) is 3. The summed E-state index contributed by atoms with van der Waals surface area (Å²) in [6, 6.07) is 9.59. The molecule has 0 radical (unpaired) electrons. The fourth-order valence-corrected chi connectivity index (χ4v) is 3.92. The lowest BCUT2D eigenvalue weighted by molar-refractivity contribution is -0.123. The Balaban J connectivity index is 1.59. The Kier molecular flexibility index (Phi) is 4.81. The number of carbonyl (C=O) groups excluding carboxylic acids is 2.